The molecule has 5 heteroatoms. The van der Waals surface area contributed by atoms with Gasteiger partial charge in [0.2, 0.25) is 0 Å². The van der Waals surface area contributed by atoms with Crippen LogP contribution in [0.4, 0.5) is 0 Å². The number of rotatable bonds is 4. The van der Waals surface area contributed by atoms with Crippen molar-refractivity contribution in [2.45, 2.75) is 25.6 Å². The fourth-order valence-electron chi connectivity index (χ4n) is 1.31. The zero-order valence-electron chi connectivity index (χ0n) is 8.72. The van der Waals surface area contributed by atoms with Crippen molar-refractivity contribution in [1.82, 2.24) is 0 Å². The second-order valence-electron chi connectivity index (χ2n) is 3.62. The highest BCUT2D eigenvalue weighted by Crippen LogP contribution is 2.24. The zero-order valence-corrected chi connectivity index (χ0v) is 10.3. The Morgan fingerprint density at radius 2 is 2.06 bits per heavy atom. The van der Waals surface area contributed by atoms with Crippen molar-refractivity contribution in [2.24, 2.45) is 0 Å². The lowest BCUT2D eigenvalue weighted by Crippen LogP contribution is -2.21. The normalized spacial score (nSPS) is 14.5. The molecule has 0 aliphatic heterocycles. The Labute approximate surface area is 102 Å². The Kier molecular flexibility index (Phi) is 4.46. The minimum atomic E-state index is -1.30. The first kappa shape index (κ1) is 13.2. The molecule has 16 heavy (non-hydrogen) atoms. The summed E-state index contributed by atoms with van der Waals surface area (Å²) in [5, 5.41) is 27.7. The third-order valence-corrected chi connectivity index (χ3v) is 3.14. The van der Waals surface area contributed by atoms with E-state index in [9.17, 15) is 15.0 Å². The number of aliphatic carboxylic acids is 1. The van der Waals surface area contributed by atoms with E-state index in [-0.39, 0.29) is 0 Å². The summed E-state index contributed by atoms with van der Waals surface area (Å²) in [6.45, 7) is 1.90. The van der Waals surface area contributed by atoms with Gasteiger partial charge in [-0.1, -0.05) is 28.1 Å². The number of benzene rings is 1. The monoisotopic (exact) mass is 288 g/mol. The first-order valence-electron chi connectivity index (χ1n) is 4.75. The molecule has 0 spiro atoms. The number of hydrogen-bond donors (Lipinski definition) is 3. The number of carbonyl (C=O) groups is 1. The number of carboxylic acid groups (broad SMARTS) is 1. The van der Waals surface area contributed by atoms with Crippen LogP contribution in [0.5, 0.6) is 0 Å². The molecule has 0 aromatic heterocycles. The molecule has 0 radical (unpaired) electrons. The molecule has 2 unspecified atom stereocenters. The molecule has 3 N–H and O–H groups in total. The van der Waals surface area contributed by atoms with Crippen molar-refractivity contribution in [3.8, 4) is 0 Å². The molecule has 4 nitrogen and oxygen atoms in total. The van der Waals surface area contributed by atoms with E-state index in [0.29, 0.717) is 5.56 Å². The van der Waals surface area contributed by atoms with Crippen LogP contribution >= 0.6 is 15.9 Å². The third-order valence-electron chi connectivity index (χ3n) is 2.29. The van der Waals surface area contributed by atoms with E-state index in [1.165, 1.54) is 0 Å². The van der Waals surface area contributed by atoms with E-state index >= 15 is 0 Å². The van der Waals surface area contributed by atoms with E-state index in [0.717, 1.165) is 10.0 Å². The van der Waals surface area contributed by atoms with Crippen LogP contribution < -0.4 is 0 Å². The quantitative estimate of drug-likeness (QED) is 0.787. The van der Waals surface area contributed by atoms with Crippen LogP contribution in [0, 0.1) is 6.92 Å². The van der Waals surface area contributed by atoms with Crippen molar-refractivity contribution in [3.05, 3.63) is 33.8 Å². The van der Waals surface area contributed by atoms with Crippen LogP contribution in [0.15, 0.2) is 22.7 Å². The third kappa shape index (κ3) is 3.30. The maximum atomic E-state index is 10.4. The summed E-state index contributed by atoms with van der Waals surface area (Å²) in [7, 11) is 0. The van der Waals surface area contributed by atoms with Crippen molar-refractivity contribution in [3.63, 3.8) is 0 Å². The van der Waals surface area contributed by atoms with E-state index in [4.69, 9.17) is 5.11 Å². The summed E-state index contributed by atoms with van der Waals surface area (Å²) in [5.74, 6) is -1.14. The number of aliphatic hydroxyl groups excluding tert-OH is 2. The van der Waals surface area contributed by atoms with E-state index in [1.807, 2.05) is 6.92 Å². The van der Waals surface area contributed by atoms with Crippen LogP contribution in [0.3, 0.4) is 0 Å². The molecule has 0 heterocycles. The largest absolute Gasteiger partial charge is 0.481 e. The number of aliphatic hydroxyl groups is 2. The van der Waals surface area contributed by atoms with Gasteiger partial charge in [0.15, 0.2) is 0 Å². The van der Waals surface area contributed by atoms with Gasteiger partial charge in [-0.2, -0.15) is 0 Å². The van der Waals surface area contributed by atoms with Crippen LogP contribution in [-0.4, -0.2) is 27.4 Å². The van der Waals surface area contributed by atoms with Gasteiger partial charge in [-0.25, -0.2) is 0 Å². The Morgan fingerprint density at radius 1 is 1.44 bits per heavy atom. The molecule has 0 saturated carbocycles. The molecule has 0 amide bonds. The summed E-state index contributed by atoms with van der Waals surface area (Å²) in [5.41, 5.74) is 1.50. The van der Waals surface area contributed by atoms with Gasteiger partial charge in [0.1, 0.15) is 6.10 Å². The molecule has 1 rings (SSSR count). The zero-order chi connectivity index (χ0) is 12.3. The SMILES string of the molecule is Cc1ccc(C(O)C(O)CC(=O)O)cc1Br. The van der Waals surface area contributed by atoms with E-state index in [1.54, 1.807) is 18.2 Å². The number of aryl methyl sites for hydroxylation is 1. The molecule has 1 aromatic carbocycles. The van der Waals surface area contributed by atoms with Crippen molar-refractivity contribution < 1.29 is 20.1 Å². The van der Waals surface area contributed by atoms with Gasteiger partial charge in [0, 0.05) is 4.47 Å². The maximum Gasteiger partial charge on any atom is 0.306 e. The summed E-state index contributed by atoms with van der Waals surface area (Å²) in [6, 6.07) is 5.12. The fraction of sp³-hybridized carbons (Fsp3) is 0.364. The molecule has 0 aliphatic rings. The highest BCUT2D eigenvalue weighted by atomic mass is 79.9. The lowest BCUT2D eigenvalue weighted by atomic mass is 10.0. The van der Waals surface area contributed by atoms with Crippen molar-refractivity contribution in [1.29, 1.82) is 0 Å². The van der Waals surface area contributed by atoms with Crippen molar-refractivity contribution in [2.75, 3.05) is 0 Å². The van der Waals surface area contributed by atoms with E-state index < -0.39 is 24.6 Å². The summed E-state index contributed by atoms with van der Waals surface area (Å²) < 4.78 is 0.812. The Hall–Kier alpha value is -0.910. The molecular weight excluding hydrogens is 276 g/mol. The first-order chi connectivity index (χ1) is 7.41. The Balaban J connectivity index is 2.83. The minimum Gasteiger partial charge on any atom is -0.481 e. The molecule has 0 fully saturated rings. The average molecular weight is 289 g/mol. The van der Waals surface area contributed by atoms with Gasteiger partial charge in [0.25, 0.3) is 0 Å². The average Bonchev–Trinajstić information content (AvgIpc) is 2.20. The lowest BCUT2D eigenvalue weighted by molar-refractivity contribution is -0.141. The summed E-state index contributed by atoms with van der Waals surface area (Å²) >= 11 is 3.31. The Morgan fingerprint density at radius 3 is 2.56 bits per heavy atom. The Bertz CT molecular complexity index is 392. The lowest BCUT2D eigenvalue weighted by Gasteiger charge is -2.17. The van der Waals surface area contributed by atoms with E-state index in [2.05, 4.69) is 15.9 Å². The first-order valence-corrected chi connectivity index (χ1v) is 5.55. The highest BCUT2D eigenvalue weighted by molar-refractivity contribution is 9.10. The maximum absolute atomic E-state index is 10.4. The van der Waals surface area contributed by atoms with Gasteiger partial charge >= 0.3 is 5.97 Å². The molecule has 2 atom stereocenters. The van der Waals surface area contributed by atoms with Crippen LogP contribution in [0.1, 0.15) is 23.7 Å². The topological polar surface area (TPSA) is 77.8 Å². The molecule has 0 bridgehead atoms. The minimum absolute atomic E-state index is 0.480. The second-order valence-corrected chi connectivity index (χ2v) is 4.47. The molecule has 0 aliphatic carbocycles. The van der Waals surface area contributed by atoms with Crippen LogP contribution in [-0.2, 0) is 4.79 Å². The summed E-state index contributed by atoms with van der Waals surface area (Å²) in [4.78, 5) is 10.4. The predicted octanol–water partition coefficient (Wildman–Crippen LogP) is 1.63. The number of carboxylic acids is 1. The summed E-state index contributed by atoms with van der Waals surface area (Å²) in [6.07, 6.45) is -2.97. The molecule has 0 saturated heterocycles. The predicted molar refractivity (Wildman–Crippen MR) is 62.1 cm³/mol. The fourth-order valence-corrected chi connectivity index (χ4v) is 1.70. The number of halogens is 1. The second kappa shape index (κ2) is 5.43. The van der Waals surface area contributed by atoms with Crippen LogP contribution in [0.2, 0.25) is 0 Å². The van der Waals surface area contributed by atoms with Gasteiger partial charge in [-0.05, 0) is 24.1 Å². The van der Waals surface area contributed by atoms with Gasteiger partial charge in [-0.15, -0.1) is 0 Å². The van der Waals surface area contributed by atoms with Gasteiger partial charge < -0.3 is 15.3 Å². The standard InChI is InChI=1S/C11H13BrO4/c1-6-2-3-7(4-8(6)12)11(16)9(13)5-10(14)15/h2-4,9,11,13,16H,5H2,1H3,(H,14,15). The van der Waals surface area contributed by atoms with Gasteiger partial charge in [-0.3, -0.25) is 4.79 Å². The van der Waals surface area contributed by atoms with Crippen LogP contribution in [0.25, 0.3) is 0 Å². The van der Waals surface area contributed by atoms with Gasteiger partial charge in [0.05, 0.1) is 12.5 Å². The number of hydrogen-bond acceptors (Lipinski definition) is 3. The molecule has 1 aromatic rings. The molecule has 88 valence electrons. The highest BCUT2D eigenvalue weighted by Gasteiger charge is 2.21. The molecular formula is C11H13BrO4. The smallest absolute Gasteiger partial charge is 0.306 e. The van der Waals surface area contributed by atoms with Crippen molar-refractivity contribution >= 4 is 21.9 Å².